The second-order valence-electron chi connectivity index (χ2n) is 3.97. The summed E-state index contributed by atoms with van der Waals surface area (Å²) in [5.41, 5.74) is 6.46. The van der Waals surface area contributed by atoms with Gasteiger partial charge in [0.2, 0.25) is 0 Å². The molecule has 78 valence electrons. The van der Waals surface area contributed by atoms with Crippen molar-refractivity contribution in [2.75, 3.05) is 0 Å². The van der Waals surface area contributed by atoms with Gasteiger partial charge in [-0.15, -0.1) is 11.3 Å². The molecule has 0 atom stereocenters. The van der Waals surface area contributed by atoms with E-state index in [-0.39, 0.29) is 0 Å². The van der Waals surface area contributed by atoms with Crippen LogP contribution in [0.1, 0.15) is 22.4 Å². The number of hydrogen-bond donors (Lipinski definition) is 0. The summed E-state index contributed by atoms with van der Waals surface area (Å²) in [6, 6.07) is 4.35. The largest absolute Gasteiger partial charge is 0.241 e. The molecule has 0 radical (unpaired) electrons. The molecular weight excluding hydrogens is 202 g/mol. The van der Waals surface area contributed by atoms with Crippen molar-refractivity contribution in [3.63, 3.8) is 0 Å². The van der Waals surface area contributed by atoms with E-state index in [1.165, 1.54) is 22.3 Å². The van der Waals surface area contributed by atoms with Gasteiger partial charge in [-0.25, -0.2) is 4.98 Å². The molecule has 0 unspecified atom stereocenters. The van der Waals surface area contributed by atoms with Crippen LogP contribution in [0.4, 0.5) is 0 Å². The molecule has 0 aliphatic carbocycles. The third-order valence-corrected chi connectivity index (χ3v) is 3.90. The van der Waals surface area contributed by atoms with Gasteiger partial charge in [0.15, 0.2) is 0 Å². The highest BCUT2D eigenvalue weighted by Gasteiger charge is 2.08. The van der Waals surface area contributed by atoms with Crippen LogP contribution in [0.15, 0.2) is 17.5 Å². The zero-order chi connectivity index (χ0) is 11.0. The van der Waals surface area contributed by atoms with Gasteiger partial charge in [-0.05, 0) is 44.4 Å². The molecule has 0 N–H and O–H groups in total. The van der Waals surface area contributed by atoms with Crippen LogP contribution in [0, 0.1) is 27.7 Å². The van der Waals surface area contributed by atoms with Gasteiger partial charge < -0.3 is 0 Å². The monoisotopic (exact) mass is 217 g/mol. The van der Waals surface area contributed by atoms with Gasteiger partial charge in [-0.2, -0.15) is 0 Å². The molecular formula is C13H15NS. The fourth-order valence-corrected chi connectivity index (χ4v) is 2.55. The Labute approximate surface area is 94.8 Å². The third kappa shape index (κ3) is 1.82. The maximum Gasteiger partial charge on any atom is 0.123 e. The molecule has 0 amide bonds. The highest BCUT2D eigenvalue weighted by Crippen LogP contribution is 2.29. The summed E-state index contributed by atoms with van der Waals surface area (Å²) in [5, 5.41) is 3.23. The van der Waals surface area contributed by atoms with Crippen LogP contribution in [0.25, 0.3) is 10.6 Å². The Morgan fingerprint density at radius 3 is 2.33 bits per heavy atom. The van der Waals surface area contributed by atoms with Gasteiger partial charge >= 0.3 is 0 Å². The first kappa shape index (κ1) is 10.4. The van der Waals surface area contributed by atoms with Crippen LogP contribution < -0.4 is 0 Å². The Morgan fingerprint density at radius 2 is 1.73 bits per heavy atom. The molecule has 0 spiro atoms. The molecule has 1 nitrogen and oxygen atoms in total. The fraction of sp³-hybridized carbons (Fsp3) is 0.308. The van der Waals surface area contributed by atoms with Crippen LogP contribution in [0.5, 0.6) is 0 Å². The second kappa shape index (κ2) is 3.78. The number of aryl methyl sites for hydroxylation is 2. The van der Waals surface area contributed by atoms with E-state index in [4.69, 9.17) is 0 Å². The SMILES string of the molecule is Cc1csc(-c2ccc(C)c(C)c2C)n1. The van der Waals surface area contributed by atoms with E-state index < -0.39 is 0 Å². The lowest BCUT2D eigenvalue weighted by Gasteiger charge is -2.08. The standard InChI is InChI=1S/C13H15NS/c1-8-5-6-12(11(4)10(8)3)13-14-9(2)7-15-13/h5-7H,1-4H3. The summed E-state index contributed by atoms with van der Waals surface area (Å²) >= 11 is 1.72. The van der Waals surface area contributed by atoms with Crippen LogP contribution in [0.3, 0.4) is 0 Å². The normalized spacial score (nSPS) is 10.7. The predicted molar refractivity (Wildman–Crippen MR) is 66.5 cm³/mol. The minimum absolute atomic E-state index is 1.10. The number of benzene rings is 1. The van der Waals surface area contributed by atoms with E-state index in [0.717, 1.165) is 10.7 Å². The highest BCUT2D eigenvalue weighted by molar-refractivity contribution is 7.13. The summed E-state index contributed by atoms with van der Waals surface area (Å²) in [7, 11) is 0. The molecule has 0 bridgehead atoms. The number of rotatable bonds is 1. The molecule has 0 saturated carbocycles. The lowest BCUT2D eigenvalue weighted by Crippen LogP contribution is -1.90. The number of aromatic nitrogens is 1. The van der Waals surface area contributed by atoms with E-state index in [9.17, 15) is 0 Å². The van der Waals surface area contributed by atoms with Crippen molar-refractivity contribution < 1.29 is 0 Å². The van der Waals surface area contributed by atoms with Crippen molar-refractivity contribution in [2.24, 2.45) is 0 Å². The van der Waals surface area contributed by atoms with Crippen molar-refractivity contribution >= 4 is 11.3 Å². The fourth-order valence-electron chi connectivity index (χ4n) is 1.67. The molecule has 2 rings (SSSR count). The van der Waals surface area contributed by atoms with Gasteiger partial charge in [0.1, 0.15) is 5.01 Å². The molecule has 0 fully saturated rings. The van der Waals surface area contributed by atoms with Crippen molar-refractivity contribution in [1.29, 1.82) is 0 Å². The Kier molecular flexibility index (Phi) is 2.61. The van der Waals surface area contributed by atoms with E-state index in [1.54, 1.807) is 11.3 Å². The highest BCUT2D eigenvalue weighted by atomic mass is 32.1. The van der Waals surface area contributed by atoms with Crippen LogP contribution in [-0.4, -0.2) is 4.98 Å². The van der Waals surface area contributed by atoms with E-state index in [0.29, 0.717) is 0 Å². The van der Waals surface area contributed by atoms with Crippen molar-refractivity contribution in [2.45, 2.75) is 27.7 Å². The molecule has 1 aromatic carbocycles. The van der Waals surface area contributed by atoms with Gasteiger partial charge in [-0.3, -0.25) is 0 Å². The first-order valence-corrected chi connectivity index (χ1v) is 5.97. The quantitative estimate of drug-likeness (QED) is 0.702. The molecule has 2 aromatic rings. The molecule has 0 saturated heterocycles. The predicted octanol–water partition coefficient (Wildman–Crippen LogP) is 4.04. The zero-order valence-corrected chi connectivity index (χ0v) is 10.4. The average Bonchev–Trinajstić information content (AvgIpc) is 2.61. The topological polar surface area (TPSA) is 12.9 Å². The first-order chi connectivity index (χ1) is 7.09. The second-order valence-corrected chi connectivity index (χ2v) is 4.83. The third-order valence-electron chi connectivity index (χ3n) is 2.91. The molecule has 0 aliphatic rings. The minimum atomic E-state index is 1.10. The summed E-state index contributed by atoms with van der Waals surface area (Å²) in [6.07, 6.45) is 0. The van der Waals surface area contributed by atoms with Crippen molar-refractivity contribution in [3.05, 3.63) is 39.9 Å². The Bertz CT molecular complexity index is 497. The van der Waals surface area contributed by atoms with E-state index in [2.05, 4.69) is 43.3 Å². The average molecular weight is 217 g/mol. The van der Waals surface area contributed by atoms with Gasteiger partial charge in [-0.1, -0.05) is 12.1 Å². The van der Waals surface area contributed by atoms with Gasteiger partial charge in [0.05, 0.1) is 0 Å². The lowest BCUT2D eigenvalue weighted by atomic mass is 9.99. The molecule has 1 heterocycles. The maximum atomic E-state index is 4.53. The summed E-state index contributed by atoms with van der Waals surface area (Å²) in [4.78, 5) is 4.53. The maximum absolute atomic E-state index is 4.53. The summed E-state index contributed by atoms with van der Waals surface area (Å²) in [6.45, 7) is 8.54. The first-order valence-electron chi connectivity index (χ1n) is 5.09. The smallest absolute Gasteiger partial charge is 0.123 e. The molecule has 2 heteroatoms. The van der Waals surface area contributed by atoms with E-state index >= 15 is 0 Å². The van der Waals surface area contributed by atoms with Crippen LogP contribution >= 0.6 is 11.3 Å². The molecule has 1 aromatic heterocycles. The number of thiazole rings is 1. The van der Waals surface area contributed by atoms with Crippen molar-refractivity contribution in [1.82, 2.24) is 4.98 Å². The Hall–Kier alpha value is -1.15. The van der Waals surface area contributed by atoms with Crippen LogP contribution in [0.2, 0.25) is 0 Å². The van der Waals surface area contributed by atoms with E-state index in [1.807, 2.05) is 6.92 Å². The summed E-state index contributed by atoms with van der Waals surface area (Å²) in [5.74, 6) is 0. The van der Waals surface area contributed by atoms with Gasteiger partial charge in [0.25, 0.3) is 0 Å². The summed E-state index contributed by atoms with van der Waals surface area (Å²) < 4.78 is 0. The number of nitrogens with zero attached hydrogens (tertiary/aromatic N) is 1. The molecule has 15 heavy (non-hydrogen) atoms. The van der Waals surface area contributed by atoms with Crippen LogP contribution in [-0.2, 0) is 0 Å². The lowest BCUT2D eigenvalue weighted by molar-refractivity contribution is 1.23. The minimum Gasteiger partial charge on any atom is -0.241 e. The zero-order valence-electron chi connectivity index (χ0n) is 9.59. The number of hydrogen-bond acceptors (Lipinski definition) is 2. The van der Waals surface area contributed by atoms with Gasteiger partial charge in [0, 0.05) is 16.6 Å². The Balaban J connectivity index is 2.59. The van der Waals surface area contributed by atoms with Crippen molar-refractivity contribution in [3.8, 4) is 10.6 Å². The molecule has 0 aliphatic heterocycles. The Morgan fingerprint density at radius 1 is 1.00 bits per heavy atom.